The van der Waals surface area contributed by atoms with Crippen LogP contribution >= 0.6 is 0 Å². The van der Waals surface area contributed by atoms with E-state index >= 15 is 0 Å². The van der Waals surface area contributed by atoms with Crippen LogP contribution in [0.4, 0.5) is 0 Å². The molecule has 0 heterocycles. The number of hydrogen-bond donors (Lipinski definition) is 1. The second kappa shape index (κ2) is 21.8. The highest BCUT2D eigenvalue weighted by Gasteiger charge is 2.35. The van der Waals surface area contributed by atoms with Gasteiger partial charge in [-0.05, 0) is 38.5 Å². The third-order valence-electron chi connectivity index (χ3n) is 5.59. The third-order valence-corrected chi connectivity index (χ3v) is 6.67. The van der Waals surface area contributed by atoms with Gasteiger partial charge in [0.25, 0.3) is 10.1 Å². The molecule has 0 saturated carbocycles. The SMILES string of the molecule is C=CCCCCCCCCCOC(=O)CC(C(=O)OCCCCCCCCCC=C)S(=O)(=O)O. The maximum atomic E-state index is 12.1. The van der Waals surface area contributed by atoms with Crippen molar-refractivity contribution >= 4 is 22.1 Å². The monoisotopic (exact) mass is 502 g/mol. The Bertz CT molecular complexity index is 658. The zero-order valence-corrected chi connectivity index (χ0v) is 21.7. The zero-order valence-electron chi connectivity index (χ0n) is 20.9. The van der Waals surface area contributed by atoms with Crippen LogP contribution in [-0.4, -0.2) is 43.4 Å². The van der Waals surface area contributed by atoms with Gasteiger partial charge in [-0.2, -0.15) is 8.42 Å². The molecule has 0 bridgehead atoms. The molecular weight excluding hydrogens is 456 g/mol. The maximum Gasteiger partial charge on any atom is 0.327 e. The number of rotatable bonds is 24. The van der Waals surface area contributed by atoms with E-state index < -0.39 is 33.7 Å². The van der Waals surface area contributed by atoms with Crippen molar-refractivity contribution < 1.29 is 32.0 Å². The van der Waals surface area contributed by atoms with Gasteiger partial charge >= 0.3 is 11.9 Å². The van der Waals surface area contributed by atoms with E-state index in [4.69, 9.17) is 9.47 Å². The van der Waals surface area contributed by atoms with Crippen LogP contribution in [0.2, 0.25) is 0 Å². The van der Waals surface area contributed by atoms with E-state index in [0.717, 1.165) is 70.6 Å². The molecule has 0 aromatic rings. The summed E-state index contributed by atoms with van der Waals surface area (Å²) in [5.74, 6) is -1.94. The smallest absolute Gasteiger partial charge is 0.327 e. The minimum Gasteiger partial charge on any atom is -0.466 e. The van der Waals surface area contributed by atoms with Crippen LogP contribution in [0.1, 0.15) is 109 Å². The van der Waals surface area contributed by atoms with E-state index in [9.17, 15) is 22.6 Å². The van der Waals surface area contributed by atoms with E-state index in [2.05, 4.69) is 13.2 Å². The number of esters is 2. The number of allylic oxidation sites excluding steroid dienone is 2. The van der Waals surface area contributed by atoms with Crippen molar-refractivity contribution in [3.8, 4) is 0 Å². The molecule has 0 spiro atoms. The Hall–Kier alpha value is -1.67. The van der Waals surface area contributed by atoms with Gasteiger partial charge in [0.2, 0.25) is 0 Å². The highest BCUT2D eigenvalue weighted by molar-refractivity contribution is 7.87. The van der Waals surface area contributed by atoms with Gasteiger partial charge in [0, 0.05) is 0 Å². The number of unbranched alkanes of at least 4 members (excludes halogenated alkanes) is 14. The highest BCUT2D eigenvalue weighted by Crippen LogP contribution is 2.12. The molecule has 34 heavy (non-hydrogen) atoms. The van der Waals surface area contributed by atoms with Crippen LogP contribution in [0.3, 0.4) is 0 Å². The standard InChI is InChI=1S/C26H46O7S/c1-3-5-7-9-11-13-15-17-19-21-32-25(27)23-24(34(29,30)31)26(28)33-22-20-18-16-14-12-10-8-6-4-2/h3-4,24H,1-2,5-23H2,(H,29,30,31). The summed E-state index contributed by atoms with van der Waals surface area (Å²) in [6.07, 6.45) is 19.5. The number of hydrogen-bond acceptors (Lipinski definition) is 6. The third kappa shape index (κ3) is 19.8. The molecule has 0 rings (SSSR count). The summed E-state index contributed by atoms with van der Waals surface area (Å²) in [5, 5.41) is -1.94. The van der Waals surface area contributed by atoms with Crippen LogP contribution in [-0.2, 0) is 29.2 Å². The van der Waals surface area contributed by atoms with Crippen LogP contribution in [0.5, 0.6) is 0 Å². The molecule has 0 saturated heterocycles. The Morgan fingerprint density at radius 1 is 0.676 bits per heavy atom. The number of ether oxygens (including phenoxy) is 2. The largest absolute Gasteiger partial charge is 0.466 e. The Labute approximate surface area is 207 Å². The molecule has 0 amide bonds. The summed E-state index contributed by atoms with van der Waals surface area (Å²) < 4.78 is 42.5. The van der Waals surface area contributed by atoms with E-state index in [1.807, 2.05) is 12.2 Å². The summed E-state index contributed by atoms with van der Waals surface area (Å²) in [7, 11) is -4.76. The fraction of sp³-hybridized carbons (Fsp3) is 0.769. The number of carbonyl (C=O) groups is 2. The summed E-state index contributed by atoms with van der Waals surface area (Å²) in [4.78, 5) is 24.1. The molecule has 0 aliphatic carbocycles. The van der Waals surface area contributed by atoms with E-state index in [1.54, 1.807) is 0 Å². The molecule has 1 unspecified atom stereocenters. The normalized spacial score (nSPS) is 12.1. The Morgan fingerprint density at radius 3 is 1.47 bits per heavy atom. The number of carbonyl (C=O) groups excluding carboxylic acids is 2. The molecule has 7 nitrogen and oxygen atoms in total. The molecular formula is C26H46O7S. The predicted octanol–water partition coefficient (Wildman–Crippen LogP) is 6.33. The molecule has 0 radical (unpaired) electrons. The van der Waals surface area contributed by atoms with Gasteiger partial charge in [-0.3, -0.25) is 14.1 Å². The first-order valence-corrected chi connectivity index (χ1v) is 14.3. The van der Waals surface area contributed by atoms with Crippen LogP contribution in [0.25, 0.3) is 0 Å². The van der Waals surface area contributed by atoms with Crippen molar-refractivity contribution in [2.24, 2.45) is 0 Å². The topological polar surface area (TPSA) is 107 Å². The quantitative estimate of drug-likeness (QED) is 0.0711. The second-order valence-electron chi connectivity index (χ2n) is 8.70. The van der Waals surface area contributed by atoms with Gasteiger partial charge in [-0.25, -0.2) is 0 Å². The minimum atomic E-state index is -4.76. The van der Waals surface area contributed by atoms with Crippen LogP contribution in [0.15, 0.2) is 25.3 Å². The van der Waals surface area contributed by atoms with Gasteiger partial charge in [0.1, 0.15) is 0 Å². The van der Waals surface area contributed by atoms with Crippen molar-refractivity contribution in [1.82, 2.24) is 0 Å². The lowest BCUT2D eigenvalue weighted by atomic mass is 10.1. The van der Waals surface area contributed by atoms with Crippen molar-refractivity contribution in [3.63, 3.8) is 0 Å². The minimum absolute atomic E-state index is 0.0595. The fourth-order valence-electron chi connectivity index (χ4n) is 3.52. The molecule has 1 N–H and O–H groups in total. The first-order valence-electron chi connectivity index (χ1n) is 12.8. The molecule has 0 aliphatic heterocycles. The molecule has 0 aliphatic rings. The lowest BCUT2D eigenvalue weighted by Crippen LogP contribution is -2.34. The molecule has 0 aromatic carbocycles. The Morgan fingerprint density at radius 2 is 1.06 bits per heavy atom. The van der Waals surface area contributed by atoms with Gasteiger partial charge in [-0.1, -0.05) is 76.4 Å². The van der Waals surface area contributed by atoms with E-state index in [1.165, 1.54) is 19.3 Å². The average Bonchev–Trinajstić information content (AvgIpc) is 2.79. The summed E-state index contributed by atoms with van der Waals surface area (Å²) in [5.41, 5.74) is 0. The van der Waals surface area contributed by atoms with Gasteiger partial charge in [-0.15, -0.1) is 13.2 Å². The lowest BCUT2D eigenvalue weighted by Gasteiger charge is -2.13. The predicted molar refractivity (Wildman–Crippen MR) is 136 cm³/mol. The van der Waals surface area contributed by atoms with Crippen molar-refractivity contribution in [1.29, 1.82) is 0 Å². The molecule has 8 heteroatoms. The van der Waals surface area contributed by atoms with Crippen molar-refractivity contribution in [2.75, 3.05) is 13.2 Å². The fourth-order valence-corrected chi connectivity index (χ4v) is 4.18. The Kier molecular flexibility index (Phi) is 20.8. The Balaban J connectivity index is 3.99. The van der Waals surface area contributed by atoms with Crippen LogP contribution in [0, 0.1) is 0 Å². The van der Waals surface area contributed by atoms with Gasteiger partial charge < -0.3 is 9.47 Å². The first kappa shape index (κ1) is 32.3. The second-order valence-corrected chi connectivity index (χ2v) is 10.3. The first-order chi connectivity index (χ1) is 16.3. The van der Waals surface area contributed by atoms with Crippen molar-refractivity contribution in [3.05, 3.63) is 25.3 Å². The molecule has 198 valence electrons. The maximum absolute atomic E-state index is 12.1. The summed E-state index contributed by atoms with van der Waals surface area (Å²) in [6, 6.07) is 0. The van der Waals surface area contributed by atoms with Crippen molar-refractivity contribution in [2.45, 2.75) is 114 Å². The van der Waals surface area contributed by atoms with E-state index in [0.29, 0.717) is 12.8 Å². The molecule has 1 atom stereocenters. The van der Waals surface area contributed by atoms with Gasteiger partial charge in [0.15, 0.2) is 5.25 Å². The summed E-state index contributed by atoms with van der Waals surface area (Å²) in [6.45, 7) is 7.62. The van der Waals surface area contributed by atoms with Gasteiger partial charge in [0.05, 0.1) is 19.6 Å². The van der Waals surface area contributed by atoms with E-state index in [-0.39, 0.29) is 13.2 Å². The molecule has 0 aromatic heterocycles. The highest BCUT2D eigenvalue weighted by atomic mass is 32.2. The molecule has 0 fully saturated rings. The van der Waals surface area contributed by atoms with Crippen LogP contribution < -0.4 is 0 Å². The lowest BCUT2D eigenvalue weighted by molar-refractivity contribution is -0.150. The summed E-state index contributed by atoms with van der Waals surface area (Å²) >= 11 is 0. The average molecular weight is 503 g/mol. The zero-order chi connectivity index (χ0) is 25.5.